The second-order valence-electron chi connectivity index (χ2n) is 3.80. The molecule has 0 saturated carbocycles. The molecule has 0 fully saturated rings. The van der Waals surface area contributed by atoms with Gasteiger partial charge in [0.25, 0.3) is 0 Å². The summed E-state index contributed by atoms with van der Waals surface area (Å²) in [5.41, 5.74) is -1.03. The van der Waals surface area contributed by atoms with E-state index in [2.05, 4.69) is 14.7 Å². The number of nitrogens with one attached hydrogen (secondary N) is 1. The Labute approximate surface area is 110 Å². The molecule has 0 atom stereocenters. The average Bonchev–Trinajstić information content (AvgIpc) is 2.72. The van der Waals surface area contributed by atoms with Gasteiger partial charge in [0.15, 0.2) is 0 Å². The second-order valence-corrected chi connectivity index (χ2v) is 4.55. The first kappa shape index (κ1) is 13.7. The van der Waals surface area contributed by atoms with E-state index >= 15 is 0 Å². The Morgan fingerprint density at radius 2 is 2.05 bits per heavy atom. The van der Waals surface area contributed by atoms with E-state index in [9.17, 15) is 17.6 Å². The fourth-order valence-corrected chi connectivity index (χ4v) is 2.08. The summed E-state index contributed by atoms with van der Waals surface area (Å²) in [7, 11) is 0. The van der Waals surface area contributed by atoms with Crippen LogP contribution in [0.4, 0.5) is 22.7 Å². The van der Waals surface area contributed by atoms with Gasteiger partial charge in [-0.1, -0.05) is 6.07 Å². The van der Waals surface area contributed by atoms with E-state index in [1.54, 1.807) is 6.92 Å². The molecule has 2 aromatic rings. The quantitative estimate of drug-likeness (QED) is 0.878. The van der Waals surface area contributed by atoms with Crippen molar-refractivity contribution in [2.24, 2.45) is 0 Å². The first-order chi connectivity index (χ1) is 8.86. The van der Waals surface area contributed by atoms with Crippen LogP contribution in [0.1, 0.15) is 17.0 Å². The summed E-state index contributed by atoms with van der Waals surface area (Å²) >= 11 is 1.06. The van der Waals surface area contributed by atoms with Crippen molar-refractivity contribution in [2.75, 3.05) is 5.32 Å². The highest BCUT2D eigenvalue weighted by Crippen LogP contribution is 2.32. The van der Waals surface area contributed by atoms with Gasteiger partial charge < -0.3 is 5.32 Å². The Kier molecular flexibility index (Phi) is 3.70. The third kappa shape index (κ3) is 3.40. The highest BCUT2D eigenvalue weighted by atomic mass is 32.1. The smallest absolute Gasteiger partial charge is 0.356 e. The van der Waals surface area contributed by atoms with Crippen molar-refractivity contribution < 1.29 is 17.6 Å². The van der Waals surface area contributed by atoms with Gasteiger partial charge in [0.05, 0.1) is 5.56 Å². The fourth-order valence-electron chi connectivity index (χ4n) is 1.51. The molecule has 1 heterocycles. The number of rotatable bonds is 3. The van der Waals surface area contributed by atoms with Gasteiger partial charge in [-0.15, -0.1) is 0 Å². The van der Waals surface area contributed by atoms with E-state index in [4.69, 9.17) is 0 Å². The van der Waals surface area contributed by atoms with Crippen LogP contribution in [0.3, 0.4) is 0 Å². The molecule has 0 aliphatic heterocycles. The molecule has 3 nitrogen and oxygen atoms in total. The molecule has 0 saturated heterocycles. The van der Waals surface area contributed by atoms with E-state index < -0.39 is 17.6 Å². The average molecular weight is 291 g/mol. The molecular weight excluding hydrogens is 282 g/mol. The van der Waals surface area contributed by atoms with Gasteiger partial charge in [0, 0.05) is 18.1 Å². The molecule has 1 aromatic carbocycles. The molecule has 1 aromatic heterocycles. The SMILES string of the molecule is Cc1nsc(NCc2ccc(F)cc2C(F)(F)F)n1. The minimum absolute atomic E-state index is 0.0400. The van der Waals surface area contributed by atoms with E-state index in [0.717, 1.165) is 23.7 Å². The van der Waals surface area contributed by atoms with Crippen molar-refractivity contribution in [1.29, 1.82) is 0 Å². The van der Waals surface area contributed by atoms with Gasteiger partial charge in [0.2, 0.25) is 5.13 Å². The lowest BCUT2D eigenvalue weighted by Gasteiger charge is -2.13. The summed E-state index contributed by atoms with van der Waals surface area (Å²) < 4.78 is 55.0. The lowest BCUT2D eigenvalue weighted by molar-refractivity contribution is -0.138. The summed E-state index contributed by atoms with van der Waals surface area (Å²) in [6, 6.07) is 2.60. The number of aromatic nitrogens is 2. The fraction of sp³-hybridized carbons (Fsp3) is 0.273. The highest BCUT2D eigenvalue weighted by Gasteiger charge is 2.33. The number of nitrogens with zero attached hydrogens (tertiary/aromatic N) is 2. The summed E-state index contributed by atoms with van der Waals surface area (Å²) in [5, 5.41) is 3.16. The first-order valence-corrected chi connectivity index (χ1v) is 6.03. The van der Waals surface area contributed by atoms with Crippen LogP contribution in [0, 0.1) is 12.7 Å². The van der Waals surface area contributed by atoms with Crippen LogP contribution in [0.5, 0.6) is 0 Å². The zero-order chi connectivity index (χ0) is 14.0. The van der Waals surface area contributed by atoms with Crippen molar-refractivity contribution >= 4 is 16.7 Å². The molecule has 1 N–H and O–H groups in total. The topological polar surface area (TPSA) is 37.8 Å². The number of hydrogen-bond acceptors (Lipinski definition) is 4. The van der Waals surface area contributed by atoms with Gasteiger partial charge in [0.1, 0.15) is 11.6 Å². The maximum absolute atomic E-state index is 12.9. The Bertz CT molecular complexity index is 580. The van der Waals surface area contributed by atoms with E-state index in [1.165, 1.54) is 0 Å². The minimum atomic E-state index is -4.59. The first-order valence-electron chi connectivity index (χ1n) is 5.26. The third-order valence-electron chi connectivity index (χ3n) is 2.33. The Morgan fingerprint density at radius 1 is 1.32 bits per heavy atom. The molecule has 8 heteroatoms. The Hall–Kier alpha value is -1.70. The lowest BCUT2D eigenvalue weighted by atomic mass is 10.1. The summed E-state index contributed by atoms with van der Waals surface area (Å²) in [6.45, 7) is 1.59. The van der Waals surface area contributed by atoms with Crippen molar-refractivity contribution in [3.8, 4) is 0 Å². The molecule has 102 valence electrons. The highest BCUT2D eigenvalue weighted by molar-refractivity contribution is 7.09. The maximum Gasteiger partial charge on any atom is 0.416 e. The van der Waals surface area contributed by atoms with Crippen LogP contribution in [0.2, 0.25) is 0 Å². The van der Waals surface area contributed by atoms with Crippen LogP contribution in [-0.4, -0.2) is 9.36 Å². The maximum atomic E-state index is 12.9. The van der Waals surface area contributed by atoms with Crippen LogP contribution < -0.4 is 5.32 Å². The standard InChI is InChI=1S/C11H9F4N3S/c1-6-17-10(19-18-6)16-5-7-2-3-8(12)4-9(7)11(13,14)15/h2-4H,5H2,1H3,(H,16,17,18). The molecule has 0 spiro atoms. The van der Waals surface area contributed by atoms with E-state index in [-0.39, 0.29) is 12.1 Å². The molecule has 0 unspecified atom stereocenters. The van der Waals surface area contributed by atoms with E-state index in [0.29, 0.717) is 17.0 Å². The molecule has 0 amide bonds. The van der Waals surface area contributed by atoms with Crippen molar-refractivity contribution in [2.45, 2.75) is 19.6 Å². The molecule has 19 heavy (non-hydrogen) atoms. The normalized spacial score (nSPS) is 11.6. The molecule has 0 radical (unpaired) electrons. The van der Waals surface area contributed by atoms with Crippen molar-refractivity contribution in [3.63, 3.8) is 0 Å². The molecular formula is C11H9F4N3S. The Balaban J connectivity index is 2.20. The Morgan fingerprint density at radius 3 is 2.63 bits per heavy atom. The molecule has 0 bridgehead atoms. The largest absolute Gasteiger partial charge is 0.416 e. The van der Waals surface area contributed by atoms with Gasteiger partial charge in [-0.3, -0.25) is 0 Å². The predicted octanol–water partition coefficient (Wildman–Crippen LogP) is 3.62. The van der Waals surface area contributed by atoms with Crippen LogP contribution in [-0.2, 0) is 12.7 Å². The van der Waals surface area contributed by atoms with Gasteiger partial charge in [-0.25, -0.2) is 9.37 Å². The van der Waals surface area contributed by atoms with Crippen LogP contribution >= 0.6 is 11.5 Å². The van der Waals surface area contributed by atoms with Crippen molar-refractivity contribution in [3.05, 3.63) is 41.0 Å². The van der Waals surface area contributed by atoms with Gasteiger partial charge in [-0.2, -0.15) is 17.5 Å². The van der Waals surface area contributed by atoms with Crippen LogP contribution in [0.25, 0.3) is 0 Å². The number of alkyl halides is 3. The minimum Gasteiger partial charge on any atom is -0.356 e. The lowest BCUT2D eigenvalue weighted by Crippen LogP contribution is -2.12. The number of halogens is 4. The third-order valence-corrected chi connectivity index (χ3v) is 3.10. The zero-order valence-corrected chi connectivity index (χ0v) is 10.6. The number of benzene rings is 1. The summed E-state index contributed by atoms with van der Waals surface area (Å²) in [4.78, 5) is 3.98. The van der Waals surface area contributed by atoms with E-state index in [1.807, 2.05) is 0 Å². The molecule has 2 rings (SSSR count). The molecule has 0 aliphatic rings. The predicted molar refractivity (Wildman–Crippen MR) is 63.4 cm³/mol. The van der Waals surface area contributed by atoms with Gasteiger partial charge in [-0.05, 0) is 24.6 Å². The molecule has 0 aliphatic carbocycles. The van der Waals surface area contributed by atoms with Crippen molar-refractivity contribution in [1.82, 2.24) is 9.36 Å². The zero-order valence-electron chi connectivity index (χ0n) is 9.75. The number of anilines is 1. The van der Waals surface area contributed by atoms with Gasteiger partial charge >= 0.3 is 6.18 Å². The number of hydrogen-bond donors (Lipinski definition) is 1. The second kappa shape index (κ2) is 5.12. The summed E-state index contributed by atoms with van der Waals surface area (Å²) in [6.07, 6.45) is -4.59. The monoisotopic (exact) mass is 291 g/mol. The summed E-state index contributed by atoms with van der Waals surface area (Å²) in [5.74, 6) is -0.370. The number of aryl methyl sites for hydroxylation is 1. The van der Waals surface area contributed by atoms with Crippen LogP contribution in [0.15, 0.2) is 18.2 Å².